The van der Waals surface area contributed by atoms with Gasteiger partial charge in [-0.05, 0) is 68.4 Å². The second kappa shape index (κ2) is 9.45. The Bertz CT molecular complexity index is 1070. The van der Waals surface area contributed by atoms with Gasteiger partial charge in [0.05, 0.1) is 5.69 Å². The number of halogens is 1. The number of hydrogen-bond donors (Lipinski definition) is 0. The van der Waals surface area contributed by atoms with Gasteiger partial charge >= 0.3 is 0 Å². The van der Waals surface area contributed by atoms with Crippen molar-refractivity contribution in [1.82, 2.24) is 9.91 Å². The highest BCUT2D eigenvalue weighted by molar-refractivity contribution is 6.30. The molecule has 0 unspecified atom stereocenters. The molecular formula is C27H30ClN3O. The monoisotopic (exact) mass is 447 g/mol. The summed E-state index contributed by atoms with van der Waals surface area (Å²) in [4.78, 5) is 16.5. The quantitative estimate of drug-likeness (QED) is 0.465. The van der Waals surface area contributed by atoms with Gasteiger partial charge in [0.1, 0.15) is 5.41 Å². The van der Waals surface area contributed by atoms with E-state index < -0.39 is 5.41 Å². The first-order chi connectivity index (χ1) is 15.4. The zero-order valence-corrected chi connectivity index (χ0v) is 19.7. The molecule has 1 aliphatic rings. The van der Waals surface area contributed by atoms with Gasteiger partial charge in [0.25, 0.3) is 5.91 Å². The van der Waals surface area contributed by atoms with Crippen LogP contribution in [0.3, 0.4) is 0 Å². The number of para-hydroxylation sites is 1. The predicted molar refractivity (Wildman–Crippen MR) is 132 cm³/mol. The molecule has 32 heavy (non-hydrogen) atoms. The van der Waals surface area contributed by atoms with E-state index in [-0.39, 0.29) is 5.91 Å². The molecule has 0 bridgehead atoms. The SMILES string of the molecule is CN(C)CCC[C@]1(c2ccccc2)C(=O)N(N(C)Cc2ccc(Cl)cc2)c2ccccc21. The zero-order valence-electron chi connectivity index (χ0n) is 19.0. The van der Waals surface area contributed by atoms with Crippen molar-refractivity contribution >= 4 is 23.2 Å². The minimum Gasteiger partial charge on any atom is -0.309 e. The molecule has 0 spiro atoms. The maximum absolute atomic E-state index is 14.3. The van der Waals surface area contributed by atoms with Crippen molar-refractivity contribution in [2.75, 3.05) is 32.7 Å². The lowest BCUT2D eigenvalue weighted by atomic mass is 9.72. The van der Waals surface area contributed by atoms with Gasteiger partial charge < -0.3 is 4.90 Å². The van der Waals surface area contributed by atoms with Crippen molar-refractivity contribution in [2.45, 2.75) is 24.8 Å². The number of carbonyl (C=O) groups excluding carboxylic acids is 1. The number of hydrogen-bond acceptors (Lipinski definition) is 3. The summed E-state index contributed by atoms with van der Waals surface area (Å²) >= 11 is 6.06. The molecular weight excluding hydrogens is 418 g/mol. The molecule has 0 saturated heterocycles. The first-order valence-corrected chi connectivity index (χ1v) is 11.4. The molecule has 0 N–H and O–H groups in total. The molecule has 0 aliphatic carbocycles. The normalized spacial score (nSPS) is 17.9. The second-order valence-corrected chi connectivity index (χ2v) is 9.19. The van der Waals surface area contributed by atoms with Gasteiger partial charge in [-0.2, -0.15) is 0 Å². The fourth-order valence-electron chi connectivity index (χ4n) is 4.74. The maximum Gasteiger partial charge on any atom is 0.256 e. The van der Waals surface area contributed by atoms with Gasteiger partial charge in [-0.25, -0.2) is 10.0 Å². The van der Waals surface area contributed by atoms with Crippen LogP contribution in [0.2, 0.25) is 5.02 Å². The molecule has 1 atom stereocenters. The summed E-state index contributed by atoms with van der Waals surface area (Å²) in [6, 6.07) is 26.3. The average Bonchev–Trinajstić information content (AvgIpc) is 3.04. The van der Waals surface area contributed by atoms with Crippen LogP contribution in [-0.4, -0.2) is 43.5 Å². The molecule has 1 heterocycles. The Morgan fingerprint density at radius 1 is 0.875 bits per heavy atom. The maximum atomic E-state index is 14.3. The van der Waals surface area contributed by atoms with Crippen LogP contribution in [0.4, 0.5) is 5.69 Å². The van der Waals surface area contributed by atoms with E-state index in [0.717, 1.165) is 41.8 Å². The molecule has 0 saturated carbocycles. The number of benzene rings is 3. The molecule has 166 valence electrons. The molecule has 3 aromatic rings. The third-order valence-corrected chi connectivity index (χ3v) is 6.49. The molecule has 1 amide bonds. The Kier molecular flexibility index (Phi) is 6.66. The Hall–Kier alpha value is -2.66. The lowest BCUT2D eigenvalue weighted by Gasteiger charge is -2.33. The first kappa shape index (κ1) is 22.5. The van der Waals surface area contributed by atoms with Crippen LogP contribution in [-0.2, 0) is 16.8 Å². The minimum atomic E-state index is -0.692. The minimum absolute atomic E-state index is 0.111. The summed E-state index contributed by atoms with van der Waals surface area (Å²) in [5.41, 5.74) is 3.51. The number of rotatable bonds is 8. The van der Waals surface area contributed by atoms with Crippen LogP contribution in [0.25, 0.3) is 0 Å². The number of amides is 1. The van der Waals surface area contributed by atoms with E-state index in [9.17, 15) is 4.79 Å². The van der Waals surface area contributed by atoms with E-state index in [1.54, 1.807) is 0 Å². The summed E-state index contributed by atoms with van der Waals surface area (Å²) < 4.78 is 0. The molecule has 0 fully saturated rings. The van der Waals surface area contributed by atoms with Gasteiger partial charge in [0.2, 0.25) is 0 Å². The zero-order chi connectivity index (χ0) is 22.7. The van der Waals surface area contributed by atoms with Gasteiger partial charge in [0, 0.05) is 18.6 Å². The van der Waals surface area contributed by atoms with E-state index in [1.807, 2.05) is 71.7 Å². The molecule has 3 aromatic carbocycles. The van der Waals surface area contributed by atoms with E-state index in [4.69, 9.17) is 11.6 Å². The van der Waals surface area contributed by atoms with Crippen molar-refractivity contribution in [1.29, 1.82) is 0 Å². The Morgan fingerprint density at radius 2 is 1.53 bits per heavy atom. The lowest BCUT2D eigenvalue weighted by molar-refractivity contribution is -0.124. The molecule has 1 aliphatic heterocycles. The summed E-state index contributed by atoms with van der Waals surface area (Å²) in [5.74, 6) is 0.111. The molecule has 0 aromatic heterocycles. The van der Waals surface area contributed by atoms with Gasteiger partial charge in [-0.15, -0.1) is 0 Å². The smallest absolute Gasteiger partial charge is 0.256 e. The number of hydrazine groups is 1. The van der Waals surface area contributed by atoms with E-state index >= 15 is 0 Å². The summed E-state index contributed by atoms with van der Waals surface area (Å²) in [7, 11) is 6.13. The third kappa shape index (κ3) is 4.18. The van der Waals surface area contributed by atoms with Crippen molar-refractivity contribution in [3.05, 3.63) is 101 Å². The Balaban J connectivity index is 1.76. The fraction of sp³-hybridized carbons (Fsp3) is 0.296. The van der Waals surface area contributed by atoms with Crippen LogP contribution < -0.4 is 5.01 Å². The largest absolute Gasteiger partial charge is 0.309 e. The second-order valence-electron chi connectivity index (χ2n) is 8.75. The highest BCUT2D eigenvalue weighted by Gasteiger charge is 2.52. The predicted octanol–water partition coefficient (Wildman–Crippen LogP) is 5.36. The number of nitrogens with zero attached hydrogens (tertiary/aromatic N) is 3. The number of fused-ring (bicyclic) bond motifs is 1. The van der Waals surface area contributed by atoms with Crippen LogP contribution in [0.5, 0.6) is 0 Å². The number of anilines is 1. The van der Waals surface area contributed by atoms with Crippen molar-refractivity contribution < 1.29 is 4.79 Å². The molecule has 0 radical (unpaired) electrons. The van der Waals surface area contributed by atoms with Crippen LogP contribution in [0, 0.1) is 0 Å². The Morgan fingerprint density at radius 3 is 2.22 bits per heavy atom. The Labute approximate surface area is 196 Å². The van der Waals surface area contributed by atoms with Crippen molar-refractivity contribution in [2.24, 2.45) is 0 Å². The van der Waals surface area contributed by atoms with Crippen LogP contribution in [0.15, 0.2) is 78.9 Å². The third-order valence-electron chi connectivity index (χ3n) is 6.24. The lowest BCUT2D eigenvalue weighted by Crippen LogP contribution is -2.48. The van der Waals surface area contributed by atoms with Crippen molar-refractivity contribution in [3.8, 4) is 0 Å². The summed E-state index contributed by atoms with van der Waals surface area (Å²) in [6.07, 6.45) is 1.69. The first-order valence-electron chi connectivity index (χ1n) is 11.0. The number of carbonyl (C=O) groups is 1. The van der Waals surface area contributed by atoms with Gasteiger partial charge in [-0.3, -0.25) is 4.79 Å². The fourth-order valence-corrected chi connectivity index (χ4v) is 4.86. The molecule has 5 heteroatoms. The summed E-state index contributed by atoms with van der Waals surface area (Å²) in [5, 5.41) is 4.59. The highest BCUT2D eigenvalue weighted by Crippen LogP contribution is 2.49. The van der Waals surface area contributed by atoms with E-state index in [1.165, 1.54) is 0 Å². The topological polar surface area (TPSA) is 26.8 Å². The van der Waals surface area contributed by atoms with Crippen LogP contribution in [0.1, 0.15) is 29.5 Å². The van der Waals surface area contributed by atoms with Crippen LogP contribution >= 0.6 is 11.6 Å². The van der Waals surface area contributed by atoms with Gasteiger partial charge in [-0.1, -0.05) is 72.3 Å². The molecule has 4 nitrogen and oxygen atoms in total. The summed E-state index contributed by atoms with van der Waals surface area (Å²) in [6.45, 7) is 1.55. The van der Waals surface area contributed by atoms with E-state index in [2.05, 4.69) is 43.3 Å². The van der Waals surface area contributed by atoms with Crippen molar-refractivity contribution in [3.63, 3.8) is 0 Å². The molecule has 4 rings (SSSR count). The van der Waals surface area contributed by atoms with E-state index in [0.29, 0.717) is 11.6 Å². The highest BCUT2D eigenvalue weighted by atomic mass is 35.5. The standard InChI is InChI=1S/C27H30ClN3O/c1-29(2)19-9-18-27(22-10-5-4-6-11-22)24-12-7-8-13-25(24)31(26(27)32)30(3)20-21-14-16-23(28)17-15-21/h4-8,10-17H,9,18-20H2,1-3H3/t27-/m1/s1. The average molecular weight is 448 g/mol. The van der Waals surface area contributed by atoms with Gasteiger partial charge in [0.15, 0.2) is 0 Å².